The lowest BCUT2D eigenvalue weighted by Gasteiger charge is -2.18. The molecule has 2 rings (SSSR count). The molecular weight excluding hydrogens is 351 g/mol. The third-order valence-corrected chi connectivity index (χ3v) is 5.03. The van der Waals surface area contributed by atoms with E-state index in [2.05, 4.69) is 52.5 Å². The van der Waals surface area contributed by atoms with Crippen molar-refractivity contribution in [3.05, 3.63) is 63.9 Å². The first kappa shape index (κ1) is 16.5. The molecule has 5 heteroatoms. The number of benzene rings is 2. The van der Waals surface area contributed by atoms with Gasteiger partial charge in [-0.3, -0.25) is 11.3 Å². The number of nitrogens with one attached hydrogen (secondary N) is 1. The van der Waals surface area contributed by atoms with Crippen molar-refractivity contribution >= 4 is 27.7 Å². The topological polar surface area (TPSA) is 38.0 Å². The van der Waals surface area contributed by atoms with Crippen molar-refractivity contribution in [3.8, 4) is 0 Å². The normalized spacial score (nSPS) is 12.4. The van der Waals surface area contributed by atoms with E-state index < -0.39 is 0 Å². The van der Waals surface area contributed by atoms with Crippen LogP contribution in [-0.4, -0.2) is 5.75 Å². The van der Waals surface area contributed by atoms with E-state index >= 15 is 0 Å². The van der Waals surface area contributed by atoms with Gasteiger partial charge in [0, 0.05) is 4.90 Å². The number of hydrogen-bond donors (Lipinski definition) is 2. The van der Waals surface area contributed by atoms with E-state index in [-0.39, 0.29) is 11.9 Å². The minimum Gasteiger partial charge on any atom is -0.271 e. The van der Waals surface area contributed by atoms with Crippen LogP contribution < -0.4 is 11.3 Å². The van der Waals surface area contributed by atoms with E-state index in [1.807, 2.05) is 6.07 Å². The number of hydrazine groups is 1. The van der Waals surface area contributed by atoms with E-state index in [0.717, 1.165) is 16.9 Å². The minimum absolute atomic E-state index is 0.0521. The molecule has 0 aliphatic carbocycles. The maximum absolute atomic E-state index is 13.6. The minimum atomic E-state index is -0.252. The third-order valence-electron chi connectivity index (χ3n) is 3.25. The van der Waals surface area contributed by atoms with Gasteiger partial charge in [-0.15, -0.1) is 11.8 Å². The zero-order valence-corrected chi connectivity index (χ0v) is 14.2. The average molecular weight is 369 g/mol. The second-order valence-corrected chi connectivity index (χ2v) is 6.77. The van der Waals surface area contributed by atoms with Crippen LogP contribution in [0.25, 0.3) is 0 Å². The van der Waals surface area contributed by atoms with Gasteiger partial charge in [-0.2, -0.15) is 0 Å². The number of halogens is 2. The average Bonchev–Trinajstić information content (AvgIpc) is 2.50. The summed E-state index contributed by atoms with van der Waals surface area (Å²) < 4.78 is 14.1. The van der Waals surface area contributed by atoms with Gasteiger partial charge in [-0.1, -0.05) is 31.2 Å². The van der Waals surface area contributed by atoms with Crippen LogP contribution in [0.4, 0.5) is 4.39 Å². The molecular formula is C16H18BrFN2S. The molecule has 3 N–H and O–H groups in total. The molecule has 0 bridgehead atoms. The number of rotatable bonds is 6. The second-order valence-electron chi connectivity index (χ2n) is 4.64. The number of hydrogen-bond acceptors (Lipinski definition) is 3. The van der Waals surface area contributed by atoms with Crippen LogP contribution in [0.5, 0.6) is 0 Å². The molecule has 2 nitrogen and oxygen atoms in total. The number of nitrogens with two attached hydrogens (primary N) is 1. The van der Waals surface area contributed by atoms with Gasteiger partial charge >= 0.3 is 0 Å². The molecule has 0 radical (unpaired) electrons. The summed E-state index contributed by atoms with van der Waals surface area (Å²) in [6.45, 7) is 2.13. The summed E-state index contributed by atoms with van der Waals surface area (Å²) in [5.41, 5.74) is 4.80. The summed E-state index contributed by atoms with van der Waals surface area (Å²) in [6, 6.07) is 13.3. The molecule has 0 spiro atoms. The van der Waals surface area contributed by atoms with E-state index in [9.17, 15) is 4.39 Å². The Balaban J connectivity index is 2.17. The summed E-state index contributed by atoms with van der Waals surface area (Å²) in [7, 11) is 0. The molecule has 0 aliphatic rings. The molecule has 2 aromatic carbocycles. The molecule has 0 amide bonds. The predicted molar refractivity (Wildman–Crippen MR) is 90.7 cm³/mol. The Labute approximate surface area is 137 Å². The maximum Gasteiger partial charge on any atom is 0.137 e. The molecule has 0 aromatic heterocycles. The highest BCUT2D eigenvalue weighted by Gasteiger charge is 2.14. The van der Waals surface area contributed by atoms with Crippen LogP contribution in [0.15, 0.2) is 51.8 Å². The van der Waals surface area contributed by atoms with E-state index in [0.29, 0.717) is 10.9 Å². The van der Waals surface area contributed by atoms with Gasteiger partial charge in [0.2, 0.25) is 0 Å². The highest BCUT2D eigenvalue weighted by Crippen LogP contribution is 2.27. The first-order valence-electron chi connectivity index (χ1n) is 6.77. The van der Waals surface area contributed by atoms with Gasteiger partial charge in [-0.05, 0) is 57.4 Å². The SMILES string of the molecule is CCSc1ccc(C(Cc2cccc(F)c2Br)NN)cc1. The summed E-state index contributed by atoms with van der Waals surface area (Å²) >= 11 is 5.10. The Morgan fingerprint density at radius 2 is 1.95 bits per heavy atom. The molecule has 1 atom stereocenters. The first-order chi connectivity index (χ1) is 10.2. The fourth-order valence-electron chi connectivity index (χ4n) is 2.16. The Hall–Kier alpha value is -0.880. The lowest BCUT2D eigenvalue weighted by atomic mass is 9.99. The second kappa shape index (κ2) is 7.94. The molecule has 0 heterocycles. The van der Waals surface area contributed by atoms with E-state index in [4.69, 9.17) is 5.84 Å². The van der Waals surface area contributed by atoms with Gasteiger partial charge in [0.15, 0.2) is 0 Å². The lowest BCUT2D eigenvalue weighted by Crippen LogP contribution is -2.29. The summed E-state index contributed by atoms with van der Waals surface area (Å²) in [4.78, 5) is 1.24. The van der Waals surface area contributed by atoms with Crippen LogP contribution >= 0.6 is 27.7 Å². The molecule has 0 saturated carbocycles. The van der Waals surface area contributed by atoms with Crippen molar-refractivity contribution in [2.75, 3.05) is 5.75 Å². The van der Waals surface area contributed by atoms with Crippen LogP contribution in [0.3, 0.4) is 0 Å². The Morgan fingerprint density at radius 3 is 2.57 bits per heavy atom. The fourth-order valence-corrected chi connectivity index (χ4v) is 3.25. The molecule has 21 heavy (non-hydrogen) atoms. The molecule has 2 aromatic rings. The smallest absolute Gasteiger partial charge is 0.137 e. The Bertz CT molecular complexity index is 589. The van der Waals surface area contributed by atoms with Crippen molar-refractivity contribution in [3.63, 3.8) is 0 Å². The van der Waals surface area contributed by atoms with Crippen molar-refractivity contribution in [1.82, 2.24) is 5.43 Å². The van der Waals surface area contributed by atoms with E-state index in [1.54, 1.807) is 17.8 Å². The van der Waals surface area contributed by atoms with Crippen molar-refractivity contribution in [1.29, 1.82) is 0 Å². The molecule has 1 unspecified atom stereocenters. The Morgan fingerprint density at radius 1 is 1.24 bits per heavy atom. The van der Waals surface area contributed by atoms with Crippen LogP contribution in [0.1, 0.15) is 24.1 Å². The third kappa shape index (κ3) is 4.30. The fraction of sp³-hybridized carbons (Fsp3) is 0.250. The standard InChI is InChI=1S/C16H18BrFN2S/c1-2-21-13-8-6-11(7-9-13)15(20-19)10-12-4-3-5-14(18)16(12)17/h3-9,15,20H,2,10,19H2,1H3. The summed E-state index contributed by atoms with van der Waals surface area (Å²) in [6.07, 6.45) is 0.620. The highest BCUT2D eigenvalue weighted by atomic mass is 79.9. The number of thioether (sulfide) groups is 1. The predicted octanol–water partition coefficient (Wildman–Crippen LogP) is 4.45. The molecule has 112 valence electrons. The van der Waals surface area contributed by atoms with Crippen molar-refractivity contribution < 1.29 is 4.39 Å². The van der Waals surface area contributed by atoms with Crippen molar-refractivity contribution in [2.45, 2.75) is 24.3 Å². The van der Waals surface area contributed by atoms with Gasteiger partial charge in [0.25, 0.3) is 0 Å². The maximum atomic E-state index is 13.6. The molecule has 0 fully saturated rings. The quantitative estimate of drug-likeness (QED) is 0.449. The zero-order chi connectivity index (χ0) is 15.2. The van der Waals surface area contributed by atoms with Gasteiger partial charge in [-0.25, -0.2) is 4.39 Å². The van der Waals surface area contributed by atoms with Gasteiger partial charge < -0.3 is 0 Å². The lowest BCUT2D eigenvalue weighted by molar-refractivity contribution is 0.546. The van der Waals surface area contributed by atoms with Crippen LogP contribution in [0, 0.1) is 5.82 Å². The Kier molecular flexibility index (Phi) is 6.23. The molecule has 0 saturated heterocycles. The van der Waals surface area contributed by atoms with Crippen LogP contribution in [-0.2, 0) is 6.42 Å². The molecule has 0 aliphatic heterocycles. The van der Waals surface area contributed by atoms with E-state index in [1.165, 1.54) is 11.0 Å². The van der Waals surface area contributed by atoms with Gasteiger partial charge in [0.1, 0.15) is 5.82 Å². The summed E-state index contributed by atoms with van der Waals surface area (Å²) in [5, 5.41) is 0. The van der Waals surface area contributed by atoms with Gasteiger partial charge in [0.05, 0.1) is 10.5 Å². The van der Waals surface area contributed by atoms with Crippen molar-refractivity contribution in [2.24, 2.45) is 5.84 Å². The highest BCUT2D eigenvalue weighted by molar-refractivity contribution is 9.10. The zero-order valence-electron chi connectivity index (χ0n) is 11.8. The first-order valence-corrected chi connectivity index (χ1v) is 8.55. The monoisotopic (exact) mass is 368 g/mol. The largest absolute Gasteiger partial charge is 0.271 e. The van der Waals surface area contributed by atoms with Crippen LogP contribution in [0.2, 0.25) is 0 Å². The summed E-state index contributed by atoms with van der Waals surface area (Å²) in [5.74, 6) is 6.47.